The molecule has 0 aliphatic carbocycles. The second-order valence-corrected chi connectivity index (χ2v) is 5.98. The first-order valence-electron chi connectivity index (χ1n) is 8.06. The number of rotatable bonds is 5. The predicted molar refractivity (Wildman–Crippen MR) is 97.0 cm³/mol. The van der Waals surface area contributed by atoms with E-state index in [2.05, 4.69) is 5.10 Å². The highest BCUT2D eigenvalue weighted by Gasteiger charge is 2.33. The minimum Gasteiger partial charge on any atom is -0.368 e. The van der Waals surface area contributed by atoms with Crippen molar-refractivity contribution < 1.29 is 9.59 Å². The number of primary amides is 1. The Bertz CT molecular complexity index is 790. The van der Waals surface area contributed by atoms with E-state index in [1.807, 2.05) is 65.7 Å². The Hall–Kier alpha value is -3.15. The molecule has 0 saturated heterocycles. The number of para-hydroxylation sites is 1. The Kier molecular flexibility index (Phi) is 4.79. The van der Waals surface area contributed by atoms with Gasteiger partial charge < -0.3 is 10.6 Å². The zero-order valence-corrected chi connectivity index (χ0v) is 14.0. The van der Waals surface area contributed by atoms with Crippen LogP contribution >= 0.6 is 0 Å². The summed E-state index contributed by atoms with van der Waals surface area (Å²) in [6, 6.07) is 19.6. The topological polar surface area (TPSA) is 79.0 Å². The third-order valence-electron chi connectivity index (χ3n) is 4.10. The van der Waals surface area contributed by atoms with Crippen LogP contribution in [0.2, 0.25) is 0 Å². The van der Waals surface area contributed by atoms with Crippen molar-refractivity contribution in [3.63, 3.8) is 0 Å². The molecule has 0 unspecified atom stereocenters. The summed E-state index contributed by atoms with van der Waals surface area (Å²) >= 11 is 0. The van der Waals surface area contributed by atoms with Gasteiger partial charge >= 0.3 is 0 Å². The number of carbonyl (C=O) groups excluding carboxylic acids is 2. The van der Waals surface area contributed by atoms with Gasteiger partial charge in [0.2, 0.25) is 5.91 Å². The predicted octanol–water partition coefficient (Wildman–Crippen LogP) is 1.94. The van der Waals surface area contributed by atoms with Gasteiger partial charge in [-0.2, -0.15) is 5.10 Å². The number of benzene rings is 2. The fraction of sp³-hybridized carbons (Fsp3) is 0.211. The molecule has 0 spiro atoms. The van der Waals surface area contributed by atoms with Gasteiger partial charge in [0.15, 0.2) is 0 Å². The summed E-state index contributed by atoms with van der Waals surface area (Å²) in [5.41, 5.74) is 7.59. The third-order valence-corrected chi connectivity index (χ3v) is 4.10. The van der Waals surface area contributed by atoms with Crippen LogP contribution in [-0.4, -0.2) is 36.0 Å². The molecule has 0 radical (unpaired) electrons. The van der Waals surface area contributed by atoms with E-state index in [9.17, 15) is 9.59 Å². The van der Waals surface area contributed by atoms with Crippen LogP contribution in [0.3, 0.4) is 0 Å². The molecule has 0 bridgehead atoms. The number of hydrogen-bond donors (Lipinski definition) is 1. The van der Waals surface area contributed by atoms with Gasteiger partial charge in [0.05, 0.1) is 18.3 Å². The first kappa shape index (κ1) is 16.7. The van der Waals surface area contributed by atoms with E-state index in [0.717, 1.165) is 11.3 Å². The largest absolute Gasteiger partial charge is 0.368 e. The van der Waals surface area contributed by atoms with E-state index in [1.54, 1.807) is 7.05 Å². The normalized spacial score (nSPS) is 16.4. The SMILES string of the molecule is CN(CC(N)=O)C(=O)C1=NN(c2ccccc2)[C@@H](c2ccccc2)C1. The molecule has 3 rings (SSSR count). The van der Waals surface area contributed by atoms with Crippen LogP contribution in [-0.2, 0) is 9.59 Å². The molecule has 0 aromatic heterocycles. The van der Waals surface area contributed by atoms with E-state index >= 15 is 0 Å². The average molecular weight is 336 g/mol. The highest BCUT2D eigenvalue weighted by atomic mass is 16.2. The number of hydrazone groups is 1. The van der Waals surface area contributed by atoms with Crippen LogP contribution in [0, 0.1) is 0 Å². The van der Waals surface area contributed by atoms with Crippen molar-refractivity contribution in [1.82, 2.24) is 4.90 Å². The summed E-state index contributed by atoms with van der Waals surface area (Å²) in [5.74, 6) is -0.827. The van der Waals surface area contributed by atoms with Gasteiger partial charge in [-0.05, 0) is 17.7 Å². The molecule has 1 heterocycles. The van der Waals surface area contributed by atoms with E-state index in [1.165, 1.54) is 4.90 Å². The van der Waals surface area contributed by atoms with Gasteiger partial charge in [-0.25, -0.2) is 0 Å². The Balaban J connectivity index is 1.91. The summed E-state index contributed by atoms with van der Waals surface area (Å²) in [6.07, 6.45) is 0.473. The Morgan fingerprint density at radius 1 is 1.12 bits per heavy atom. The molecule has 1 aliphatic heterocycles. The molecule has 2 aromatic rings. The fourth-order valence-corrected chi connectivity index (χ4v) is 2.92. The van der Waals surface area contributed by atoms with Crippen molar-refractivity contribution in [2.75, 3.05) is 18.6 Å². The first-order chi connectivity index (χ1) is 12.1. The molecule has 2 N–H and O–H groups in total. The lowest BCUT2D eigenvalue weighted by Gasteiger charge is -2.23. The maximum Gasteiger partial charge on any atom is 0.270 e. The molecular weight excluding hydrogens is 316 g/mol. The van der Waals surface area contributed by atoms with Gasteiger partial charge in [-0.3, -0.25) is 14.6 Å². The van der Waals surface area contributed by atoms with Gasteiger partial charge in [0.1, 0.15) is 5.71 Å². The number of anilines is 1. The molecule has 2 amide bonds. The first-order valence-corrected chi connectivity index (χ1v) is 8.06. The molecule has 1 atom stereocenters. The number of hydrogen-bond acceptors (Lipinski definition) is 4. The van der Waals surface area contributed by atoms with Gasteiger partial charge in [-0.1, -0.05) is 48.5 Å². The highest BCUT2D eigenvalue weighted by molar-refractivity contribution is 6.39. The maximum atomic E-state index is 12.6. The molecule has 2 aromatic carbocycles. The standard InChI is InChI=1S/C19H20N4O2/c1-22(13-18(20)24)19(25)16-12-17(14-8-4-2-5-9-14)23(21-16)15-10-6-3-7-11-15/h2-11,17H,12-13H2,1H3,(H2,20,24)/t17-/m1/s1. The lowest BCUT2D eigenvalue weighted by atomic mass is 10.0. The van der Waals surface area contributed by atoms with E-state index in [-0.39, 0.29) is 18.5 Å². The van der Waals surface area contributed by atoms with Crippen LogP contribution in [0.1, 0.15) is 18.0 Å². The molecule has 25 heavy (non-hydrogen) atoms. The monoisotopic (exact) mass is 336 g/mol. The van der Waals surface area contributed by atoms with E-state index in [4.69, 9.17) is 5.73 Å². The number of nitrogens with zero attached hydrogens (tertiary/aromatic N) is 3. The molecule has 1 aliphatic rings. The number of likely N-dealkylation sites (N-methyl/N-ethyl adjacent to an activating group) is 1. The van der Waals surface area contributed by atoms with Gasteiger partial charge in [0.25, 0.3) is 5.91 Å². The van der Waals surface area contributed by atoms with Crippen LogP contribution in [0.4, 0.5) is 5.69 Å². The Morgan fingerprint density at radius 2 is 1.72 bits per heavy atom. The summed E-state index contributed by atoms with van der Waals surface area (Å²) < 4.78 is 0. The summed E-state index contributed by atoms with van der Waals surface area (Å²) in [7, 11) is 1.55. The second-order valence-electron chi connectivity index (χ2n) is 5.98. The van der Waals surface area contributed by atoms with Crippen molar-refractivity contribution in [3.05, 3.63) is 66.2 Å². The number of carbonyl (C=O) groups is 2. The fourth-order valence-electron chi connectivity index (χ4n) is 2.92. The Labute approximate surface area is 146 Å². The minimum absolute atomic E-state index is 0.0653. The minimum atomic E-state index is -0.547. The van der Waals surface area contributed by atoms with Crippen LogP contribution in [0.15, 0.2) is 65.8 Å². The highest BCUT2D eigenvalue weighted by Crippen LogP contribution is 2.35. The molecular formula is C19H20N4O2. The zero-order valence-electron chi connectivity index (χ0n) is 14.0. The molecule has 128 valence electrons. The van der Waals surface area contributed by atoms with Crippen molar-refractivity contribution in [2.45, 2.75) is 12.5 Å². The van der Waals surface area contributed by atoms with Crippen molar-refractivity contribution in [2.24, 2.45) is 10.8 Å². The lowest BCUT2D eigenvalue weighted by Crippen LogP contribution is -2.38. The quantitative estimate of drug-likeness (QED) is 0.906. The molecule has 0 fully saturated rings. The van der Waals surface area contributed by atoms with Crippen molar-refractivity contribution in [1.29, 1.82) is 0 Å². The maximum absolute atomic E-state index is 12.6. The lowest BCUT2D eigenvalue weighted by molar-refractivity contribution is -0.128. The van der Waals surface area contributed by atoms with E-state index < -0.39 is 5.91 Å². The average Bonchev–Trinajstić information content (AvgIpc) is 3.07. The smallest absolute Gasteiger partial charge is 0.270 e. The molecule has 6 heteroatoms. The van der Waals surface area contributed by atoms with Crippen molar-refractivity contribution >= 4 is 23.2 Å². The van der Waals surface area contributed by atoms with E-state index in [0.29, 0.717) is 12.1 Å². The van der Waals surface area contributed by atoms with Crippen LogP contribution in [0.5, 0.6) is 0 Å². The molecule has 6 nitrogen and oxygen atoms in total. The summed E-state index contributed by atoms with van der Waals surface area (Å²) in [5, 5.41) is 6.41. The van der Waals surface area contributed by atoms with Gasteiger partial charge in [-0.15, -0.1) is 0 Å². The molecule has 0 saturated carbocycles. The number of nitrogens with two attached hydrogens (primary N) is 1. The van der Waals surface area contributed by atoms with Crippen LogP contribution < -0.4 is 10.7 Å². The number of amides is 2. The second kappa shape index (κ2) is 7.17. The summed E-state index contributed by atoms with van der Waals surface area (Å²) in [4.78, 5) is 25.0. The van der Waals surface area contributed by atoms with Crippen LogP contribution in [0.25, 0.3) is 0 Å². The Morgan fingerprint density at radius 3 is 2.32 bits per heavy atom. The van der Waals surface area contributed by atoms with Crippen molar-refractivity contribution in [3.8, 4) is 0 Å². The van der Waals surface area contributed by atoms with Gasteiger partial charge in [0, 0.05) is 13.5 Å². The third kappa shape index (κ3) is 3.68. The zero-order chi connectivity index (χ0) is 17.8. The summed E-state index contributed by atoms with van der Waals surface area (Å²) in [6.45, 7) is -0.126.